The van der Waals surface area contributed by atoms with Crippen molar-refractivity contribution in [3.63, 3.8) is 0 Å². The second-order valence-corrected chi connectivity index (χ2v) is 5.49. The summed E-state index contributed by atoms with van der Waals surface area (Å²) < 4.78 is 0. The maximum absolute atomic E-state index is 4.28. The number of hydrogen-bond acceptors (Lipinski definition) is 4. The van der Waals surface area contributed by atoms with E-state index in [0.717, 1.165) is 11.7 Å². The quantitative estimate of drug-likeness (QED) is 0.816. The highest BCUT2D eigenvalue weighted by Gasteiger charge is 2.33. The van der Waals surface area contributed by atoms with E-state index in [9.17, 15) is 0 Å². The highest BCUT2D eigenvalue weighted by molar-refractivity contribution is 7.99. The molecule has 2 rings (SSSR count). The molecule has 1 aliphatic carbocycles. The molecule has 0 saturated heterocycles. The van der Waals surface area contributed by atoms with E-state index in [1.54, 1.807) is 0 Å². The van der Waals surface area contributed by atoms with Gasteiger partial charge in [0.1, 0.15) is 0 Å². The fourth-order valence-corrected chi connectivity index (χ4v) is 3.50. The number of rotatable bonds is 4. The van der Waals surface area contributed by atoms with E-state index in [1.165, 1.54) is 12.8 Å². The molecule has 88 valence electrons. The lowest BCUT2D eigenvalue weighted by molar-refractivity contribution is 0.441. The minimum Gasteiger partial charge on any atom is -0.314 e. The van der Waals surface area contributed by atoms with E-state index < -0.39 is 0 Å². The standard InChI is InChI=1S/C12H19N3S/c1-3-13-10-5-6-11(9(10)2)16-12-14-7-4-8-15-12/h4,7-11,13H,3,5-6H2,1-2H3. The fourth-order valence-electron chi connectivity index (χ4n) is 2.33. The fraction of sp³-hybridized carbons (Fsp3) is 0.667. The van der Waals surface area contributed by atoms with Crippen LogP contribution < -0.4 is 5.32 Å². The monoisotopic (exact) mass is 237 g/mol. The molecule has 16 heavy (non-hydrogen) atoms. The van der Waals surface area contributed by atoms with E-state index in [4.69, 9.17) is 0 Å². The summed E-state index contributed by atoms with van der Waals surface area (Å²) in [5.74, 6) is 0.703. The summed E-state index contributed by atoms with van der Waals surface area (Å²) in [6.45, 7) is 5.57. The Labute approximate surface area is 101 Å². The van der Waals surface area contributed by atoms with Crippen LogP contribution in [0.5, 0.6) is 0 Å². The molecule has 0 bridgehead atoms. The Morgan fingerprint density at radius 1 is 1.38 bits per heavy atom. The van der Waals surface area contributed by atoms with Crippen LogP contribution in [0.3, 0.4) is 0 Å². The molecule has 3 nitrogen and oxygen atoms in total. The van der Waals surface area contributed by atoms with Crippen LogP contribution in [0.2, 0.25) is 0 Å². The summed E-state index contributed by atoms with van der Waals surface area (Å²) >= 11 is 1.83. The van der Waals surface area contributed by atoms with E-state index in [0.29, 0.717) is 17.2 Å². The normalized spacial score (nSPS) is 29.5. The predicted molar refractivity (Wildman–Crippen MR) is 67.5 cm³/mol. The molecule has 1 aliphatic rings. The molecule has 0 aromatic carbocycles. The third-order valence-electron chi connectivity index (χ3n) is 3.25. The second kappa shape index (κ2) is 5.64. The molecular weight excluding hydrogens is 218 g/mol. The van der Waals surface area contributed by atoms with E-state index in [1.807, 2.05) is 30.2 Å². The summed E-state index contributed by atoms with van der Waals surface area (Å²) in [5, 5.41) is 5.13. The zero-order valence-electron chi connectivity index (χ0n) is 9.89. The lowest BCUT2D eigenvalue weighted by Gasteiger charge is -2.20. The molecule has 1 fully saturated rings. The molecular formula is C12H19N3S. The van der Waals surface area contributed by atoms with Gasteiger partial charge in [0.05, 0.1) is 0 Å². The maximum atomic E-state index is 4.28. The van der Waals surface area contributed by atoms with Gasteiger partial charge in [-0.2, -0.15) is 0 Å². The zero-order chi connectivity index (χ0) is 11.4. The maximum Gasteiger partial charge on any atom is 0.187 e. The van der Waals surface area contributed by atoms with Gasteiger partial charge in [-0.3, -0.25) is 0 Å². The summed E-state index contributed by atoms with van der Waals surface area (Å²) in [6.07, 6.45) is 6.18. The first-order chi connectivity index (χ1) is 7.81. The van der Waals surface area contributed by atoms with Crippen molar-refractivity contribution < 1.29 is 0 Å². The van der Waals surface area contributed by atoms with Crippen LogP contribution >= 0.6 is 11.8 Å². The Morgan fingerprint density at radius 3 is 2.81 bits per heavy atom. The Bertz CT molecular complexity index is 317. The van der Waals surface area contributed by atoms with Gasteiger partial charge >= 0.3 is 0 Å². The van der Waals surface area contributed by atoms with Crippen molar-refractivity contribution >= 4 is 11.8 Å². The van der Waals surface area contributed by atoms with Gasteiger partial charge in [-0.05, 0) is 31.4 Å². The predicted octanol–water partition coefficient (Wildman–Crippen LogP) is 2.35. The average Bonchev–Trinajstić information content (AvgIpc) is 2.64. The van der Waals surface area contributed by atoms with Crippen LogP contribution in [0.4, 0.5) is 0 Å². The molecule has 1 aromatic rings. The Hall–Kier alpha value is -0.610. The third kappa shape index (κ3) is 2.74. The van der Waals surface area contributed by atoms with Crippen LogP contribution in [-0.2, 0) is 0 Å². The van der Waals surface area contributed by atoms with Gasteiger partial charge in [-0.15, -0.1) is 0 Å². The Balaban J connectivity index is 1.92. The molecule has 1 aromatic heterocycles. The van der Waals surface area contributed by atoms with Gasteiger partial charge in [-0.25, -0.2) is 9.97 Å². The number of hydrogen-bond donors (Lipinski definition) is 1. The summed E-state index contributed by atoms with van der Waals surface area (Å²) in [4.78, 5) is 8.56. The minimum absolute atomic E-state index is 0.659. The van der Waals surface area contributed by atoms with Crippen molar-refractivity contribution in [1.82, 2.24) is 15.3 Å². The van der Waals surface area contributed by atoms with Crippen LogP contribution in [0.15, 0.2) is 23.6 Å². The molecule has 0 amide bonds. The molecule has 1 heterocycles. The first-order valence-electron chi connectivity index (χ1n) is 5.98. The molecule has 1 N–H and O–H groups in total. The van der Waals surface area contributed by atoms with Gasteiger partial charge in [0.2, 0.25) is 0 Å². The molecule has 0 radical (unpaired) electrons. The number of nitrogens with one attached hydrogen (secondary N) is 1. The first kappa shape index (κ1) is 11.9. The third-order valence-corrected chi connectivity index (χ3v) is 4.64. The van der Waals surface area contributed by atoms with Gasteiger partial charge in [0.15, 0.2) is 5.16 Å². The molecule has 4 heteroatoms. The van der Waals surface area contributed by atoms with Crippen LogP contribution in [0.1, 0.15) is 26.7 Å². The number of thioether (sulfide) groups is 1. The molecule has 0 aliphatic heterocycles. The minimum atomic E-state index is 0.659. The van der Waals surface area contributed by atoms with Crippen molar-refractivity contribution in [2.75, 3.05) is 6.54 Å². The summed E-state index contributed by atoms with van der Waals surface area (Å²) in [7, 11) is 0. The zero-order valence-corrected chi connectivity index (χ0v) is 10.7. The number of nitrogens with zero attached hydrogens (tertiary/aromatic N) is 2. The lowest BCUT2D eigenvalue weighted by Crippen LogP contribution is -2.33. The van der Waals surface area contributed by atoms with Gasteiger partial charge in [0, 0.05) is 23.7 Å². The average molecular weight is 237 g/mol. The SMILES string of the molecule is CCNC1CCC(Sc2ncccn2)C1C. The van der Waals surface area contributed by atoms with Crippen molar-refractivity contribution in [3.8, 4) is 0 Å². The lowest BCUT2D eigenvalue weighted by atomic mass is 10.1. The topological polar surface area (TPSA) is 37.8 Å². The van der Waals surface area contributed by atoms with Gasteiger partial charge < -0.3 is 5.32 Å². The van der Waals surface area contributed by atoms with Crippen molar-refractivity contribution in [3.05, 3.63) is 18.5 Å². The van der Waals surface area contributed by atoms with Crippen LogP contribution in [-0.4, -0.2) is 27.8 Å². The van der Waals surface area contributed by atoms with E-state index in [-0.39, 0.29) is 0 Å². The molecule has 1 saturated carbocycles. The van der Waals surface area contributed by atoms with Gasteiger partial charge in [-0.1, -0.05) is 25.6 Å². The summed E-state index contributed by atoms with van der Waals surface area (Å²) in [6, 6.07) is 2.54. The highest BCUT2D eigenvalue weighted by Crippen LogP contribution is 2.37. The molecule has 0 spiro atoms. The Morgan fingerprint density at radius 2 is 2.12 bits per heavy atom. The second-order valence-electron chi connectivity index (χ2n) is 4.29. The first-order valence-corrected chi connectivity index (χ1v) is 6.86. The smallest absolute Gasteiger partial charge is 0.187 e. The van der Waals surface area contributed by atoms with E-state index in [2.05, 4.69) is 29.1 Å². The largest absolute Gasteiger partial charge is 0.314 e. The van der Waals surface area contributed by atoms with Crippen molar-refractivity contribution in [2.45, 2.75) is 43.1 Å². The van der Waals surface area contributed by atoms with E-state index >= 15 is 0 Å². The summed E-state index contributed by atoms with van der Waals surface area (Å²) in [5.41, 5.74) is 0. The van der Waals surface area contributed by atoms with Crippen molar-refractivity contribution in [2.24, 2.45) is 5.92 Å². The van der Waals surface area contributed by atoms with Gasteiger partial charge in [0.25, 0.3) is 0 Å². The molecule has 3 unspecified atom stereocenters. The highest BCUT2D eigenvalue weighted by atomic mass is 32.2. The van der Waals surface area contributed by atoms with Crippen LogP contribution in [0, 0.1) is 5.92 Å². The number of aromatic nitrogens is 2. The molecule has 3 atom stereocenters. The van der Waals surface area contributed by atoms with Crippen LogP contribution in [0.25, 0.3) is 0 Å². The Kier molecular flexibility index (Phi) is 4.18. The van der Waals surface area contributed by atoms with Crippen molar-refractivity contribution in [1.29, 1.82) is 0 Å².